The van der Waals surface area contributed by atoms with Gasteiger partial charge < -0.3 is 9.30 Å². The lowest BCUT2D eigenvalue weighted by molar-refractivity contribution is 0.307. The van der Waals surface area contributed by atoms with Crippen LogP contribution in [0.3, 0.4) is 0 Å². The SMILES string of the molecule is CCn1cc(COc2cccc(Cl)c2)c2cccc(F)c21. The average Bonchev–Trinajstić information content (AvgIpc) is 2.85. The van der Waals surface area contributed by atoms with Gasteiger partial charge in [-0.05, 0) is 31.2 Å². The van der Waals surface area contributed by atoms with Crippen LogP contribution in [0.25, 0.3) is 10.9 Å². The van der Waals surface area contributed by atoms with Gasteiger partial charge >= 0.3 is 0 Å². The van der Waals surface area contributed by atoms with Gasteiger partial charge in [0, 0.05) is 28.7 Å². The number of hydrogen-bond donors (Lipinski definition) is 0. The molecule has 3 aromatic rings. The molecule has 21 heavy (non-hydrogen) atoms. The number of aromatic nitrogens is 1. The highest BCUT2D eigenvalue weighted by molar-refractivity contribution is 6.30. The maximum Gasteiger partial charge on any atom is 0.147 e. The summed E-state index contributed by atoms with van der Waals surface area (Å²) >= 11 is 5.94. The second-order valence-corrected chi connectivity index (χ2v) is 5.26. The predicted octanol–water partition coefficient (Wildman–Crippen LogP) is 5.03. The molecule has 0 saturated heterocycles. The summed E-state index contributed by atoms with van der Waals surface area (Å²) < 4.78 is 21.6. The first-order valence-electron chi connectivity index (χ1n) is 6.83. The number of nitrogens with zero attached hydrogens (tertiary/aromatic N) is 1. The molecule has 0 bridgehead atoms. The Morgan fingerprint density at radius 2 is 2.00 bits per heavy atom. The molecule has 4 heteroatoms. The fraction of sp³-hybridized carbons (Fsp3) is 0.176. The number of benzene rings is 2. The topological polar surface area (TPSA) is 14.2 Å². The van der Waals surface area contributed by atoms with E-state index in [0.29, 0.717) is 29.4 Å². The molecule has 0 radical (unpaired) electrons. The Bertz CT molecular complexity index is 782. The minimum atomic E-state index is -0.205. The van der Waals surface area contributed by atoms with E-state index < -0.39 is 0 Å². The Morgan fingerprint density at radius 3 is 2.76 bits per heavy atom. The number of hydrogen-bond acceptors (Lipinski definition) is 1. The number of halogens is 2. The van der Waals surface area contributed by atoms with Crippen molar-refractivity contribution in [2.75, 3.05) is 0 Å². The molecular formula is C17H15ClFNO. The normalized spacial score (nSPS) is 11.0. The number of aryl methyl sites for hydroxylation is 1. The van der Waals surface area contributed by atoms with E-state index in [2.05, 4.69) is 0 Å². The van der Waals surface area contributed by atoms with Crippen LogP contribution in [0.5, 0.6) is 5.75 Å². The zero-order chi connectivity index (χ0) is 14.8. The highest BCUT2D eigenvalue weighted by atomic mass is 35.5. The monoisotopic (exact) mass is 303 g/mol. The van der Waals surface area contributed by atoms with Crippen LogP contribution < -0.4 is 4.74 Å². The van der Waals surface area contributed by atoms with Crippen molar-refractivity contribution in [3.63, 3.8) is 0 Å². The molecule has 0 amide bonds. The molecule has 0 N–H and O–H groups in total. The van der Waals surface area contributed by atoms with Gasteiger partial charge in [-0.15, -0.1) is 0 Å². The van der Waals surface area contributed by atoms with E-state index in [4.69, 9.17) is 16.3 Å². The first-order chi connectivity index (χ1) is 10.2. The van der Waals surface area contributed by atoms with Gasteiger partial charge in [-0.2, -0.15) is 0 Å². The van der Waals surface area contributed by atoms with E-state index in [9.17, 15) is 4.39 Å². The Kier molecular flexibility index (Phi) is 3.84. The summed E-state index contributed by atoms with van der Waals surface area (Å²) in [5.41, 5.74) is 1.59. The summed E-state index contributed by atoms with van der Waals surface area (Å²) in [4.78, 5) is 0. The molecule has 3 rings (SSSR count). The average molecular weight is 304 g/mol. The quantitative estimate of drug-likeness (QED) is 0.659. The molecule has 0 aliphatic heterocycles. The van der Waals surface area contributed by atoms with E-state index in [-0.39, 0.29) is 5.82 Å². The van der Waals surface area contributed by atoms with Gasteiger partial charge in [0.1, 0.15) is 18.2 Å². The molecule has 0 spiro atoms. The third-order valence-electron chi connectivity index (χ3n) is 3.46. The Balaban J connectivity index is 1.92. The van der Waals surface area contributed by atoms with Gasteiger partial charge in [-0.25, -0.2) is 4.39 Å². The van der Waals surface area contributed by atoms with Crippen molar-refractivity contribution >= 4 is 22.5 Å². The second-order valence-electron chi connectivity index (χ2n) is 4.82. The molecule has 0 saturated carbocycles. The lowest BCUT2D eigenvalue weighted by Crippen LogP contribution is -1.95. The second kappa shape index (κ2) is 5.78. The van der Waals surface area contributed by atoms with E-state index in [0.717, 1.165) is 10.9 Å². The van der Waals surface area contributed by atoms with Crippen molar-refractivity contribution in [3.05, 3.63) is 65.1 Å². The summed E-state index contributed by atoms with van der Waals surface area (Å²) in [6.45, 7) is 3.09. The van der Waals surface area contributed by atoms with Crippen molar-refractivity contribution in [2.45, 2.75) is 20.1 Å². The zero-order valence-electron chi connectivity index (χ0n) is 11.6. The van der Waals surface area contributed by atoms with Gasteiger partial charge in [-0.1, -0.05) is 29.8 Å². The van der Waals surface area contributed by atoms with Crippen molar-refractivity contribution in [1.82, 2.24) is 4.57 Å². The van der Waals surface area contributed by atoms with Gasteiger partial charge in [0.05, 0.1) is 5.52 Å². The van der Waals surface area contributed by atoms with Crippen molar-refractivity contribution < 1.29 is 9.13 Å². The molecule has 0 atom stereocenters. The van der Waals surface area contributed by atoms with Crippen LogP contribution in [0.4, 0.5) is 4.39 Å². The Labute approximate surface area is 127 Å². The highest BCUT2D eigenvalue weighted by Crippen LogP contribution is 2.26. The minimum Gasteiger partial charge on any atom is -0.489 e. The number of para-hydroxylation sites is 1. The number of ether oxygens (including phenoxy) is 1. The van der Waals surface area contributed by atoms with E-state index in [1.54, 1.807) is 18.2 Å². The molecule has 0 unspecified atom stereocenters. The van der Waals surface area contributed by atoms with E-state index in [1.807, 2.05) is 35.9 Å². The molecular weight excluding hydrogens is 289 g/mol. The maximum absolute atomic E-state index is 14.0. The standard InChI is InChI=1S/C17H15ClFNO/c1-2-20-10-12(15-7-4-8-16(19)17(15)20)11-21-14-6-3-5-13(18)9-14/h3-10H,2,11H2,1H3. The maximum atomic E-state index is 14.0. The molecule has 0 aliphatic carbocycles. The summed E-state index contributed by atoms with van der Waals surface area (Å²) in [5.74, 6) is 0.500. The first-order valence-corrected chi connectivity index (χ1v) is 7.21. The van der Waals surface area contributed by atoms with Crippen LogP contribution in [0.15, 0.2) is 48.7 Å². The van der Waals surface area contributed by atoms with Crippen LogP contribution in [0.1, 0.15) is 12.5 Å². The van der Waals surface area contributed by atoms with Crippen molar-refractivity contribution in [3.8, 4) is 5.75 Å². The van der Waals surface area contributed by atoms with Crippen LogP contribution in [0.2, 0.25) is 5.02 Å². The zero-order valence-corrected chi connectivity index (χ0v) is 12.4. The molecule has 0 fully saturated rings. The van der Waals surface area contributed by atoms with Gasteiger partial charge in [0.25, 0.3) is 0 Å². The predicted molar refractivity (Wildman–Crippen MR) is 83.4 cm³/mol. The molecule has 1 aromatic heterocycles. The van der Waals surface area contributed by atoms with Crippen LogP contribution in [-0.4, -0.2) is 4.57 Å². The summed E-state index contributed by atoms with van der Waals surface area (Å²) in [6.07, 6.45) is 1.94. The Hall–Kier alpha value is -2.00. The lowest BCUT2D eigenvalue weighted by Gasteiger charge is -2.05. The molecule has 0 aliphatic rings. The van der Waals surface area contributed by atoms with E-state index in [1.165, 1.54) is 6.07 Å². The van der Waals surface area contributed by atoms with Gasteiger partial charge in [0.15, 0.2) is 0 Å². The van der Waals surface area contributed by atoms with Gasteiger partial charge in [0.2, 0.25) is 0 Å². The third-order valence-corrected chi connectivity index (χ3v) is 3.70. The molecule has 2 aromatic carbocycles. The molecule has 108 valence electrons. The van der Waals surface area contributed by atoms with Crippen molar-refractivity contribution in [1.29, 1.82) is 0 Å². The fourth-order valence-corrected chi connectivity index (χ4v) is 2.65. The summed E-state index contributed by atoms with van der Waals surface area (Å²) in [5, 5.41) is 1.52. The first kappa shape index (κ1) is 14.0. The van der Waals surface area contributed by atoms with Crippen LogP contribution in [-0.2, 0) is 13.2 Å². The Morgan fingerprint density at radius 1 is 1.19 bits per heavy atom. The summed E-state index contributed by atoms with van der Waals surface area (Å²) in [6, 6.07) is 12.4. The lowest BCUT2D eigenvalue weighted by atomic mass is 10.2. The number of fused-ring (bicyclic) bond motifs is 1. The van der Waals surface area contributed by atoms with Crippen molar-refractivity contribution in [2.24, 2.45) is 0 Å². The fourth-order valence-electron chi connectivity index (χ4n) is 2.47. The minimum absolute atomic E-state index is 0.205. The van der Waals surface area contributed by atoms with E-state index >= 15 is 0 Å². The largest absolute Gasteiger partial charge is 0.489 e. The summed E-state index contributed by atoms with van der Waals surface area (Å²) in [7, 11) is 0. The van der Waals surface area contributed by atoms with Gasteiger partial charge in [-0.3, -0.25) is 0 Å². The smallest absolute Gasteiger partial charge is 0.147 e. The third kappa shape index (κ3) is 2.74. The molecule has 2 nitrogen and oxygen atoms in total. The van der Waals surface area contributed by atoms with Crippen LogP contribution >= 0.6 is 11.6 Å². The molecule has 1 heterocycles. The highest BCUT2D eigenvalue weighted by Gasteiger charge is 2.11. The number of rotatable bonds is 4. The van der Waals surface area contributed by atoms with Crippen LogP contribution in [0, 0.1) is 5.82 Å².